The first-order chi connectivity index (χ1) is 19.5. The Morgan fingerprint density at radius 3 is 1.00 bits per heavy atom. The predicted octanol–water partition coefficient (Wildman–Crippen LogP) is 9.88. The fourth-order valence-corrected chi connectivity index (χ4v) is 5.65. The summed E-state index contributed by atoms with van der Waals surface area (Å²) in [7, 11) is 0. The highest BCUT2D eigenvalue weighted by atomic mass is 79.9. The molecule has 0 saturated heterocycles. The van der Waals surface area contributed by atoms with E-state index in [-0.39, 0.29) is 5.78 Å². The molecule has 0 fully saturated rings. The van der Waals surface area contributed by atoms with Gasteiger partial charge in [0.15, 0.2) is 0 Å². The summed E-state index contributed by atoms with van der Waals surface area (Å²) in [4.78, 5) is 22.3. The van der Waals surface area contributed by atoms with Crippen LogP contribution in [-0.4, -0.2) is 15.8 Å². The van der Waals surface area contributed by atoms with Crippen molar-refractivity contribution in [3.8, 4) is 55.6 Å². The lowest BCUT2D eigenvalue weighted by molar-refractivity contribution is 0.103. The van der Waals surface area contributed by atoms with Crippen LogP contribution in [0.1, 0.15) is 16.2 Å². The fraction of sp³-hybridized carbons (Fsp3) is 0. The number of halogens is 2. The van der Waals surface area contributed by atoms with Crippen molar-refractivity contribution in [2.75, 3.05) is 0 Å². The number of pyridine rings is 2. The molecule has 40 heavy (non-hydrogen) atoms. The summed E-state index contributed by atoms with van der Waals surface area (Å²) in [6.07, 6.45) is 3.55. The molecular formula is C35H20Br2N2O. The van der Waals surface area contributed by atoms with Gasteiger partial charge in [0.05, 0.1) is 0 Å². The van der Waals surface area contributed by atoms with Gasteiger partial charge in [-0.15, -0.1) is 0 Å². The summed E-state index contributed by atoms with van der Waals surface area (Å²) in [6, 6.07) is 37.5. The molecular weight excluding hydrogens is 624 g/mol. The second-order valence-corrected chi connectivity index (χ2v) is 11.6. The number of hydrogen-bond acceptors (Lipinski definition) is 3. The van der Waals surface area contributed by atoms with Crippen molar-refractivity contribution < 1.29 is 4.79 Å². The van der Waals surface area contributed by atoms with Crippen LogP contribution < -0.4 is 0 Å². The molecule has 0 radical (unpaired) electrons. The third-order valence-electron chi connectivity index (χ3n) is 7.29. The van der Waals surface area contributed by atoms with Crippen LogP contribution in [0.4, 0.5) is 0 Å². The molecule has 5 heteroatoms. The van der Waals surface area contributed by atoms with Gasteiger partial charge in [0.1, 0.15) is 11.4 Å². The van der Waals surface area contributed by atoms with Crippen LogP contribution >= 0.6 is 31.9 Å². The summed E-state index contributed by atoms with van der Waals surface area (Å²) in [6.45, 7) is 0. The van der Waals surface area contributed by atoms with E-state index in [1.165, 1.54) is 0 Å². The highest BCUT2D eigenvalue weighted by Crippen LogP contribution is 2.39. The number of rotatable bonds is 4. The van der Waals surface area contributed by atoms with E-state index in [4.69, 9.17) is 0 Å². The Bertz CT molecular complexity index is 1750. The zero-order chi connectivity index (χ0) is 27.2. The van der Waals surface area contributed by atoms with Gasteiger partial charge in [-0.3, -0.25) is 14.8 Å². The predicted molar refractivity (Wildman–Crippen MR) is 168 cm³/mol. The summed E-state index contributed by atoms with van der Waals surface area (Å²) >= 11 is 6.99. The van der Waals surface area contributed by atoms with Crippen LogP contribution in [0.15, 0.2) is 131 Å². The van der Waals surface area contributed by atoms with Gasteiger partial charge in [0, 0.05) is 43.6 Å². The number of aromatic nitrogens is 2. The van der Waals surface area contributed by atoms with E-state index < -0.39 is 0 Å². The summed E-state index contributed by atoms with van der Waals surface area (Å²) in [5.41, 5.74) is 11.2. The van der Waals surface area contributed by atoms with Gasteiger partial charge >= 0.3 is 0 Å². The summed E-state index contributed by atoms with van der Waals surface area (Å²) in [5.74, 6) is -0.126. The van der Waals surface area contributed by atoms with E-state index in [9.17, 15) is 4.79 Å². The maximum absolute atomic E-state index is 13.1. The van der Waals surface area contributed by atoms with E-state index in [1.807, 2.05) is 24.3 Å². The second-order valence-electron chi connectivity index (χ2n) is 9.74. The molecule has 2 aromatic heterocycles. The van der Waals surface area contributed by atoms with E-state index in [0.29, 0.717) is 11.4 Å². The Hall–Kier alpha value is -4.19. The van der Waals surface area contributed by atoms with Gasteiger partial charge in [-0.05, 0) is 69.8 Å². The topological polar surface area (TPSA) is 42.9 Å². The maximum Gasteiger partial charge on any atom is 0.230 e. The van der Waals surface area contributed by atoms with Gasteiger partial charge < -0.3 is 0 Å². The number of ketones is 1. The molecule has 6 aromatic rings. The lowest BCUT2D eigenvalue weighted by Crippen LogP contribution is -2.00. The van der Waals surface area contributed by atoms with Gasteiger partial charge in [-0.2, -0.15) is 0 Å². The minimum Gasteiger partial charge on any atom is -0.285 e. The first-order valence-electron chi connectivity index (χ1n) is 12.8. The molecule has 0 amide bonds. The molecule has 0 saturated carbocycles. The van der Waals surface area contributed by atoms with Gasteiger partial charge in [-0.25, -0.2) is 0 Å². The maximum atomic E-state index is 13.1. The molecule has 0 spiro atoms. The Morgan fingerprint density at radius 1 is 0.400 bits per heavy atom. The fourth-order valence-electron chi connectivity index (χ4n) is 5.12. The largest absolute Gasteiger partial charge is 0.285 e. The Labute approximate surface area is 248 Å². The van der Waals surface area contributed by atoms with Gasteiger partial charge in [-0.1, -0.05) is 105 Å². The molecule has 0 atom stereocenters. The average molecular weight is 644 g/mol. The third-order valence-corrected chi connectivity index (χ3v) is 8.34. The molecule has 7 rings (SSSR count). The number of fused-ring (bicyclic) bond motifs is 3. The lowest BCUT2D eigenvalue weighted by atomic mass is 9.98. The van der Waals surface area contributed by atoms with E-state index in [1.54, 1.807) is 12.4 Å². The molecule has 1 aliphatic rings. The van der Waals surface area contributed by atoms with Crippen molar-refractivity contribution in [3.63, 3.8) is 0 Å². The van der Waals surface area contributed by atoms with Crippen molar-refractivity contribution in [2.45, 2.75) is 0 Å². The van der Waals surface area contributed by atoms with Crippen LogP contribution in [0.2, 0.25) is 0 Å². The first-order valence-corrected chi connectivity index (χ1v) is 14.4. The second kappa shape index (κ2) is 10.1. The van der Waals surface area contributed by atoms with Crippen molar-refractivity contribution in [1.82, 2.24) is 9.97 Å². The molecule has 3 nitrogen and oxygen atoms in total. The molecule has 190 valence electrons. The average Bonchev–Trinajstić information content (AvgIpc) is 3.28. The van der Waals surface area contributed by atoms with E-state index >= 15 is 0 Å². The van der Waals surface area contributed by atoms with Gasteiger partial charge in [0.25, 0.3) is 0 Å². The molecule has 0 bridgehead atoms. The molecule has 1 aliphatic carbocycles. The van der Waals surface area contributed by atoms with Crippen molar-refractivity contribution in [3.05, 3.63) is 142 Å². The first kappa shape index (κ1) is 24.8. The van der Waals surface area contributed by atoms with Gasteiger partial charge in [0.2, 0.25) is 5.78 Å². The Kier molecular flexibility index (Phi) is 6.26. The summed E-state index contributed by atoms with van der Waals surface area (Å²) in [5, 5.41) is 0. The van der Waals surface area contributed by atoms with Crippen molar-refractivity contribution in [1.29, 1.82) is 0 Å². The lowest BCUT2D eigenvalue weighted by Gasteiger charge is -2.08. The van der Waals surface area contributed by atoms with E-state index in [0.717, 1.165) is 64.6 Å². The monoisotopic (exact) mass is 642 g/mol. The Morgan fingerprint density at radius 2 is 0.675 bits per heavy atom. The smallest absolute Gasteiger partial charge is 0.230 e. The van der Waals surface area contributed by atoms with Crippen LogP contribution in [0, 0.1) is 0 Å². The van der Waals surface area contributed by atoms with Crippen LogP contribution in [0.5, 0.6) is 0 Å². The number of carbonyl (C=O) groups excluding carboxylic acids is 1. The molecule has 0 unspecified atom stereocenters. The highest BCUT2D eigenvalue weighted by molar-refractivity contribution is 9.10. The minimum atomic E-state index is -0.126. The van der Waals surface area contributed by atoms with Crippen LogP contribution in [0.25, 0.3) is 55.6 Å². The number of carbonyl (C=O) groups is 1. The zero-order valence-corrected chi connectivity index (χ0v) is 24.3. The normalized spacial score (nSPS) is 11.8. The molecule has 0 N–H and O–H groups in total. The summed E-state index contributed by atoms with van der Waals surface area (Å²) < 4.78 is 2.12. The number of hydrogen-bond donors (Lipinski definition) is 0. The van der Waals surface area contributed by atoms with Crippen molar-refractivity contribution >= 4 is 37.6 Å². The Balaban J connectivity index is 1.21. The van der Waals surface area contributed by atoms with Crippen LogP contribution in [0.3, 0.4) is 0 Å². The molecule has 4 aromatic carbocycles. The quantitative estimate of drug-likeness (QED) is 0.192. The number of nitrogens with zero attached hydrogens (tertiary/aromatic N) is 2. The van der Waals surface area contributed by atoms with Crippen molar-refractivity contribution in [2.24, 2.45) is 0 Å². The van der Waals surface area contributed by atoms with E-state index in [2.05, 4.69) is 127 Å². The standard InChI is InChI=1S/C35H20Br2N2O/c36-29-13-9-23(10-14-29)21-1-5-25(6-2-21)27-17-31-32-18-28(20-39-34(32)35(40)33(31)38-19-27)26-7-3-22(4-8-26)24-11-15-30(37)16-12-24/h1-20H. The number of benzene rings is 4. The molecule has 2 heterocycles. The SMILES string of the molecule is O=C1c2ncc(-c3ccc(-c4ccc(Br)cc4)cc3)cc2-c2cc(-c3ccc(-c4ccc(Br)cc4)cc3)cnc21. The zero-order valence-electron chi connectivity index (χ0n) is 21.1. The minimum absolute atomic E-state index is 0.126. The van der Waals surface area contributed by atoms with Crippen LogP contribution in [-0.2, 0) is 0 Å². The third kappa shape index (κ3) is 4.51. The molecule has 0 aliphatic heterocycles. The highest BCUT2D eigenvalue weighted by Gasteiger charge is 2.30.